The molecule has 0 bridgehead atoms. The van der Waals surface area contributed by atoms with Crippen molar-refractivity contribution in [1.29, 1.82) is 0 Å². The average molecular weight is 311 g/mol. The molecule has 1 aromatic heterocycles. The summed E-state index contributed by atoms with van der Waals surface area (Å²) in [6.45, 7) is 0.268. The van der Waals surface area contributed by atoms with Crippen LogP contribution in [-0.4, -0.2) is 10.5 Å². The number of halogens is 2. The van der Waals surface area contributed by atoms with Crippen LogP contribution in [0.5, 0.6) is 0 Å². The van der Waals surface area contributed by atoms with Crippen molar-refractivity contribution in [3.05, 3.63) is 68.1 Å². The second-order valence-electron chi connectivity index (χ2n) is 4.28. The molecule has 2 aromatic rings. The fraction of sp³-hybridized carbons (Fsp3) is 0.143. The molecule has 0 unspecified atom stereocenters. The van der Waals surface area contributed by atoms with E-state index < -0.39 is 0 Å². The molecule has 0 aliphatic carbocycles. The van der Waals surface area contributed by atoms with E-state index in [9.17, 15) is 9.59 Å². The summed E-state index contributed by atoms with van der Waals surface area (Å²) in [4.78, 5) is 23.4. The van der Waals surface area contributed by atoms with Gasteiger partial charge in [-0.25, -0.2) is 0 Å². The normalized spacial score (nSPS) is 10.3. The summed E-state index contributed by atoms with van der Waals surface area (Å²) in [5, 5.41) is 3.73. The van der Waals surface area contributed by atoms with Gasteiger partial charge in [0.05, 0.1) is 0 Å². The smallest absolute Gasteiger partial charge is 0.251 e. The standard InChI is InChI=1S/C14H12Cl2N2O2/c1-18-5-4-9(6-13(18)19)14(20)17-8-10-2-3-11(15)7-12(10)16/h2-7H,8H2,1H3,(H,17,20). The lowest BCUT2D eigenvalue weighted by molar-refractivity contribution is 0.0950. The van der Waals surface area contributed by atoms with Crippen molar-refractivity contribution < 1.29 is 4.79 Å². The Morgan fingerprint density at radius 3 is 2.65 bits per heavy atom. The monoisotopic (exact) mass is 310 g/mol. The van der Waals surface area contributed by atoms with Crippen molar-refractivity contribution >= 4 is 29.1 Å². The van der Waals surface area contributed by atoms with Crippen LogP contribution in [0.15, 0.2) is 41.3 Å². The van der Waals surface area contributed by atoms with E-state index in [0.29, 0.717) is 15.6 Å². The zero-order valence-corrected chi connectivity index (χ0v) is 12.2. The maximum Gasteiger partial charge on any atom is 0.251 e. The lowest BCUT2D eigenvalue weighted by Gasteiger charge is -2.07. The average Bonchev–Trinajstić information content (AvgIpc) is 2.40. The number of hydrogen-bond acceptors (Lipinski definition) is 2. The second kappa shape index (κ2) is 6.11. The Balaban J connectivity index is 2.08. The number of nitrogens with zero attached hydrogens (tertiary/aromatic N) is 1. The van der Waals surface area contributed by atoms with Gasteiger partial charge in [-0.05, 0) is 23.8 Å². The number of carbonyl (C=O) groups excluding carboxylic acids is 1. The van der Waals surface area contributed by atoms with Gasteiger partial charge in [-0.3, -0.25) is 9.59 Å². The molecule has 20 heavy (non-hydrogen) atoms. The summed E-state index contributed by atoms with van der Waals surface area (Å²) < 4.78 is 1.40. The number of benzene rings is 1. The zero-order chi connectivity index (χ0) is 14.7. The van der Waals surface area contributed by atoms with Gasteiger partial charge in [-0.2, -0.15) is 0 Å². The minimum atomic E-state index is -0.325. The molecule has 0 saturated carbocycles. The van der Waals surface area contributed by atoms with Crippen LogP contribution in [0, 0.1) is 0 Å². The van der Waals surface area contributed by atoms with Crippen molar-refractivity contribution in [3.8, 4) is 0 Å². The molecule has 0 saturated heterocycles. The van der Waals surface area contributed by atoms with Gasteiger partial charge in [-0.1, -0.05) is 29.3 Å². The van der Waals surface area contributed by atoms with Gasteiger partial charge >= 0.3 is 0 Å². The van der Waals surface area contributed by atoms with Gasteiger partial charge in [0.25, 0.3) is 11.5 Å². The maximum absolute atomic E-state index is 11.9. The number of hydrogen-bond donors (Lipinski definition) is 1. The maximum atomic E-state index is 11.9. The topological polar surface area (TPSA) is 51.1 Å². The Morgan fingerprint density at radius 1 is 1.25 bits per heavy atom. The fourth-order valence-corrected chi connectivity index (χ4v) is 2.11. The molecule has 0 spiro atoms. The van der Waals surface area contributed by atoms with Crippen LogP contribution in [0.4, 0.5) is 0 Å². The van der Waals surface area contributed by atoms with E-state index in [0.717, 1.165) is 5.56 Å². The highest BCUT2D eigenvalue weighted by Crippen LogP contribution is 2.20. The number of amides is 1. The number of aromatic nitrogens is 1. The molecule has 1 aromatic carbocycles. The highest BCUT2D eigenvalue weighted by molar-refractivity contribution is 6.35. The van der Waals surface area contributed by atoms with Crippen molar-refractivity contribution in [3.63, 3.8) is 0 Å². The van der Waals surface area contributed by atoms with Crippen LogP contribution in [0.2, 0.25) is 10.0 Å². The van der Waals surface area contributed by atoms with E-state index in [1.54, 1.807) is 37.5 Å². The van der Waals surface area contributed by atoms with Crippen molar-refractivity contribution in [2.24, 2.45) is 7.05 Å². The third-order valence-electron chi connectivity index (χ3n) is 2.82. The Labute approximate surface area is 125 Å². The van der Waals surface area contributed by atoms with Gasteiger partial charge < -0.3 is 9.88 Å². The molecule has 1 amide bonds. The highest BCUT2D eigenvalue weighted by Gasteiger charge is 2.08. The van der Waals surface area contributed by atoms with Crippen LogP contribution >= 0.6 is 23.2 Å². The first-order valence-corrected chi connectivity index (χ1v) is 6.62. The van der Waals surface area contributed by atoms with Gasteiger partial charge in [0.1, 0.15) is 0 Å². The third kappa shape index (κ3) is 3.40. The first-order valence-electron chi connectivity index (χ1n) is 5.86. The third-order valence-corrected chi connectivity index (χ3v) is 3.41. The van der Waals surface area contributed by atoms with Crippen LogP contribution in [-0.2, 0) is 13.6 Å². The van der Waals surface area contributed by atoms with E-state index in [2.05, 4.69) is 5.32 Å². The Hall–Kier alpha value is -1.78. The molecule has 2 rings (SSSR count). The summed E-state index contributed by atoms with van der Waals surface area (Å²) in [6.07, 6.45) is 1.55. The molecule has 4 nitrogen and oxygen atoms in total. The molecule has 1 N–H and O–H groups in total. The van der Waals surface area contributed by atoms with Crippen molar-refractivity contribution in [2.75, 3.05) is 0 Å². The molecule has 1 heterocycles. The quantitative estimate of drug-likeness (QED) is 0.947. The molecule has 0 radical (unpaired) electrons. The van der Waals surface area contributed by atoms with E-state index in [1.165, 1.54) is 10.6 Å². The molecule has 0 atom stereocenters. The van der Waals surface area contributed by atoms with Gasteiger partial charge in [0.15, 0.2) is 0 Å². The number of aryl methyl sites for hydroxylation is 1. The molecule has 0 fully saturated rings. The largest absolute Gasteiger partial charge is 0.348 e. The Morgan fingerprint density at radius 2 is 2.00 bits per heavy atom. The lowest BCUT2D eigenvalue weighted by atomic mass is 10.2. The second-order valence-corrected chi connectivity index (χ2v) is 5.13. The molecule has 6 heteroatoms. The number of carbonyl (C=O) groups is 1. The summed E-state index contributed by atoms with van der Waals surface area (Å²) in [6, 6.07) is 7.93. The number of nitrogens with one attached hydrogen (secondary N) is 1. The minimum absolute atomic E-state index is 0.234. The van der Waals surface area contributed by atoms with Crippen LogP contribution in [0.1, 0.15) is 15.9 Å². The van der Waals surface area contributed by atoms with E-state index in [1.807, 2.05) is 0 Å². The Kier molecular flexibility index (Phi) is 4.47. The van der Waals surface area contributed by atoms with Crippen LogP contribution < -0.4 is 10.9 Å². The predicted octanol–water partition coefficient (Wildman–Crippen LogP) is 2.62. The van der Waals surface area contributed by atoms with Crippen molar-refractivity contribution in [2.45, 2.75) is 6.54 Å². The summed E-state index contributed by atoms with van der Waals surface area (Å²) in [5.74, 6) is -0.325. The van der Waals surface area contributed by atoms with Gasteiger partial charge in [0.2, 0.25) is 0 Å². The first kappa shape index (κ1) is 14.6. The molecule has 0 aliphatic rings. The van der Waals surface area contributed by atoms with Gasteiger partial charge in [0, 0.05) is 41.5 Å². The Bertz CT molecular complexity index is 711. The van der Waals surface area contributed by atoms with Crippen molar-refractivity contribution in [1.82, 2.24) is 9.88 Å². The van der Waals surface area contributed by atoms with E-state index >= 15 is 0 Å². The lowest BCUT2D eigenvalue weighted by Crippen LogP contribution is -2.25. The summed E-state index contributed by atoms with van der Waals surface area (Å²) in [5.41, 5.74) is 0.841. The van der Waals surface area contributed by atoms with Crippen LogP contribution in [0.3, 0.4) is 0 Å². The van der Waals surface area contributed by atoms with E-state index in [-0.39, 0.29) is 18.0 Å². The molecule has 104 valence electrons. The van der Waals surface area contributed by atoms with Gasteiger partial charge in [-0.15, -0.1) is 0 Å². The molecular formula is C14H12Cl2N2O2. The first-order chi connectivity index (χ1) is 9.47. The number of rotatable bonds is 3. The zero-order valence-electron chi connectivity index (χ0n) is 10.7. The highest BCUT2D eigenvalue weighted by atomic mass is 35.5. The number of pyridine rings is 1. The minimum Gasteiger partial charge on any atom is -0.348 e. The van der Waals surface area contributed by atoms with Crippen LogP contribution in [0.25, 0.3) is 0 Å². The SMILES string of the molecule is Cn1ccc(C(=O)NCc2ccc(Cl)cc2Cl)cc1=O. The molecule has 0 aliphatic heterocycles. The summed E-state index contributed by atoms with van der Waals surface area (Å²) in [7, 11) is 1.62. The summed E-state index contributed by atoms with van der Waals surface area (Å²) >= 11 is 11.8. The molecular weight excluding hydrogens is 299 g/mol. The predicted molar refractivity (Wildman–Crippen MR) is 79.3 cm³/mol. The fourth-order valence-electron chi connectivity index (χ4n) is 1.63. The van der Waals surface area contributed by atoms with E-state index in [4.69, 9.17) is 23.2 Å².